The number of aromatic nitrogens is 2. The van der Waals surface area contributed by atoms with Crippen molar-refractivity contribution in [3.05, 3.63) is 226 Å². The molecule has 10 aromatic carbocycles. The van der Waals surface area contributed by atoms with E-state index in [0.29, 0.717) is 5.56 Å². The molecule has 0 saturated heterocycles. The molecule has 0 atom stereocenters. The van der Waals surface area contributed by atoms with E-state index < -0.39 is 0 Å². The van der Waals surface area contributed by atoms with Crippen LogP contribution < -0.4 is 5.32 Å². The van der Waals surface area contributed by atoms with E-state index in [1.165, 1.54) is 49.2 Å². The van der Waals surface area contributed by atoms with Gasteiger partial charge in [-0.1, -0.05) is 171 Å². The molecule has 0 spiro atoms. The Kier molecular flexibility index (Phi) is 11.0. The van der Waals surface area contributed by atoms with E-state index in [-0.39, 0.29) is 0 Å². The smallest absolute Gasteiger partial charge is 0.160 e. The summed E-state index contributed by atoms with van der Waals surface area (Å²) in [6, 6.07) is 72.3. The van der Waals surface area contributed by atoms with Gasteiger partial charge >= 0.3 is 0 Å². The summed E-state index contributed by atoms with van der Waals surface area (Å²) < 4.78 is 2.11. The van der Waals surface area contributed by atoms with Crippen LogP contribution in [0.25, 0.3) is 77.0 Å². The average Bonchev–Trinajstić information content (AvgIpc) is 3.34. The zero-order valence-corrected chi connectivity index (χ0v) is 36.8. The van der Waals surface area contributed by atoms with Gasteiger partial charge in [0.2, 0.25) is 0 Å². The number of rotatable bonds is 4. The van der Waals surface area contributed by atoms with Gasteiger partial charge in [-0.2, -0.15) is 5.26 Å². The number of nitrogens with one attached hydrogen (secondary N) is 1. The van der Waals surface area contributed by atoms with Crippen molar-refractivity contribution >= 4 is 92.4 Å². The number of anilines is 1. The van der Waals surface area contributed by atoms with Crippen molar-refractivity contribution in [2.45, 2.75) is 0 Å². The van der Waals surface area contributed by atoms with E-state index in [1.54, 1.807) is 12.1 Å². The molecule has 5 nitrogen and oxygen atoms in total. The maximum atomic E-state index is 8.29. The topological polar surface area (TPSA) is 74.0 Å². The SMILES string of the molecule is Brc1ccc(-c2nc3ccc4c(-c5ccccc5)cc(-c5ccccc5)c5ccc(n2)c3c45)cc1.Brc1ccc(C2=Nc3cccc4cccc(c34)N2)cc1.N#Cc1ccccc1. The van der Waals surface area contributed by atoms with E-state index in [0.717, 1.165) is 59.5 Å². The van der Waals surface area contributed by atoms with E-state index in [9.17, 15) is 0 Å². The van der Waals surface area contributed by atoms with Crippen molar-refractivity contribution in [3.63, 3.8) is 0 Å². The summed E-state index contributed by atoms with van der Waals surface area (Å²) in [6.07, 6.45) is 0. The molecule has 0 unspecified atom stereocenters. The first-order valence-electron chi connectivity index (χ1n) is 20.5. The van der Waals surface area contributed by atoms with Crippen molar-refractivity contribution in [1.29, 1.82) is 5.26 Å². The lowest BCUT2D eigenvalue weighted by atomic mass is 9.87. The number of nitrogens with zero attached hydrogens (tertiary/aromatic N) is 4. The van der Waals surface area contributed by atoms with Gasteiger partial charge in [-0.3, -0.25) is 0 Å². The van der Waals surface area contributed by atoms with Gasteiger partial charge < -0.3 is 5.32 Å². The van der Waals surface area contributed by atoms with Crippen LogP contribution in [0.4, 0.5) is 11.4 Å². The minimum Gasteiger partial charge on any atom is -0.339 e. The van der Waals surface area contributed by atoms with Gasteiger partial charge in [-0.15, -0.1) is 0 Å². The van der Waals surface area contributed by atoms with Gasteiger partial charge in [-0.05, 0) is 105 Å². The van der Waals surface area contributed by atoms with Crippen molar-refractivity contribution in [2.75, 3.05) is 5.32 Å². The maximum absolute atomic E-state index is 8.29. The fourth-order valence-electron chi connectivity index (χ4n) is 8.14. The summed E-state index contributed by atoms with van der Waals surface area (Å²) >= 11 is 6.98. The van der Waals surface area contributed by atoms with Crippen LogP contribution in [0.2, 0.25) is 0 Å². The third kappa shape index (κ3) is 8.06. The van der Waals surface area contributed by atoms with E-state index in [1.807, 2.05) is 48.5 Å². The van der Waals surface area contributed by atoms with Crippen LogP contribution in [0.15, 0.2) is 220 Å². The first-order chi connectivity index (χ1) is 31.0. The minimum absolute atomic E-state index is 0.715. The fourth-order valence-corrected chi connectivity index (χ4v) is 8.67. The first kappa shape index (κ1) is 39.6. The Labute approximate surface area is 381 Å². The number of aliphatic imine (C=N–C) groups is 1. The maximum Gasteiger partial charge on any atom is 0.160 e. The molecule has 298 valence electrons. The number of hydrogen-bond donors (Lipinski definition) is 1. The largest absolute Gasteiger partial charge is 0.339 e. The van der Waals surface area contributed by atoms with Crippen LogP contribution in [-0.4, -0.2) is 15.8 Å². The zero-order chi connectivity index (χ0) is 42.7. The van der Waals surface area contributed by atoms with Gasteiger partial charge in [0.15, 0.2) is 5.82 Å². The standard InChI is InChI=1S/C32H19BrN2.C17H11BrN2.C7H5N/c33-23-13-11-22(12-14-23)32-34-28-17-15-24-26(20-7-3-1-4-8-20)19-27(21-9-5-2-6-10-21)25-16-18-29(35-32)31(28)30(24)25;18-13-9-7-12(8-10-13)17-19-14-5-1-3-11-4-2-6-15(20-17)16(11)14;8-6-7-4-2-1-3-5-7/h1-19H;1-10H,(H,19,20);1-5H. The highest BCUT2D eigenvalue weighted by Crippen LogP contribution is 2.44. The van der Waals surface area contributed by atoms with Crippen LogP contribution in [-0.2, 0) is 0 Å². The molecule has 0 aliphatic carbocycles. The molecular formula is C56H35Br2N5. The van der Waals surface area contributed by atoms with Gasteiger partial charge in [-0.25, -0.2) is 15.0 Å². The van der Waals surface area contributed by atoms with Gasteiger partial charge in [0.25, 0.3) is 0 Å². The van der Waals surface area contributed by atoms with Crippen LogP contribution in [0.1, 0.15) is 11.1 Å². The number of hydrogen-bond acceptors (Lipinski definition) is 5. The highest BCUT2D eigenvalue weighted by atomic mass is 79.9. The highest BCUT2D eigenvalue weighted by molar-refractivity contribution is 9.10. The Morgan fingerprint density at radius 3 is 1.51 bits per heavy atom. The van der Waals surface area contributed by atoms with E-state index in [4.69, 9.17) is 20.2 Å². The third-order valence-corrected chi connectivity index (χ3v) is 12.2. The van der Waals surface area contributed by atoms with E-state index in [2.05, 4.69) is 189 Å². The second-order valence-corrected chi connectivity index (χ2v) is 16.9. The Bertz CT molecular complexity index is 3370. The molecular weight excluding hydrogens is 902 g/mol. The average molecular weight is 938 g/mol. The van der Waals surface area contributed by atoms with Crippen LogP contribution >= 0.6 is 31.9 Å². The molecule has 0 amide bonds. The lowest BCUT2D eigenvalue weighted by molar-refractivity contribution is 1.26. The quantitative estimate of drug-likeness (QED) is 0.178. The summed E-state index contributed by atoms with van der Waals surface area (Å²) in [4.78, 5) is 14.8. The zero-order valence-electron chi connectivity index (χ0n) is 33.7. The second-order valence-electron chi connectivity index (χ2n) is 15.0. The lowest BCUT2D eigenvalue weighted by Crippen LogP contribution is -2.16. The molecule has 0 radical (unpaired) electrons. The normalized spacial score (nSPS) is 11.5. The summed E-state index contributed by atoms with van der Waals surface area (Å²) in [5, 5.41) is 18.9. The predicted molar refractivity (Wildman–Crippen MR) is 269 cm³/mol. The van der Waals surface area contributed by atoms with Crippen LogP contribution in [0.5, 0.6) is 0 Å². The molecule has 1 aromatic heterocycles. The Morgan fingerprint density at radius 2 is 0.968 bits per heavy atom. The fraction of sp³-hybridized carbons (Fsp3) is 0. The van der Waals surface area contributed by atoms with Gasteiger partial charge in [0, 0.05) is 41.9 Å². The second kappa shape index (κ2) is 17.5. The number of halogens is 2. The molecule has 63 heavy (non-hydrogen) atoms. The monoisotopic (exact) mass is 935 g/mol. The summed E-state index contributed by atoms with van der Waals surface area (Å²) in [5.74, 6) is 1.64. The lowest BCUT2D eigenvalue weighted by Gasteiger charge is -2.19. The van der Waals surface area contributed by atoms with E-state index >= 15 is 0 Å². The molecule has 1 aliphatic rings. The molecule has 0 bridgehead atoms. The summed E-state index contributed by atoms with van der Waals surface area (Å²) in [5.41, 5.74) is 11.7. The van der Waals surface area contributed by atoms with Crippen molar-refractivity contribution in [1.82, 2.24) is 9.97 Å². The van der Waals surface area contributed by atoms with Gasteiger partial charge in [0.05, 0.1) is 28.4 Å². The number of nitriles is 1. The first-order valence-corrected chi connectivity index (χ1v) is 22.0. The number of amidine groups is 1. The molecule has 12 rings (SSSR count). The van der Waals surface area contributed by atoms with Crippen molar-refractivity contribution < 1.29 is 0 Å². The Morgan fingerprint density at radius 1 is 0.444 bits per heavy atom. The summed E-state index contributed by atoms with van der Waals surface area (Å²) in [6.45, 7) is 0. The Hall–Kier alpha value is -7.50. The predicted octanol–water partition coefficient (Wildman–Crippen LogP) is 15.8. The van der Waals surface area contributed by atoms with Crippen molar-refractivity contribution in [3.8, 4) is 39.7 Å². The van der Waals surface area contributed by atoms with Crippen LogP contribution in [0.3, 0.4) is 0 Å². The minimum atomic E-state index is 0.715. The number of benzene rings is 10. The van der Waals surface area contributed by atoms with Crippen LogP contribution in [0, 0.1) is 11.3 Å². The van der Waals surface area contributed by atoms with Gasteiger partial charge in [0.1, 0.15) is 5.84 Å². The third-order valence-electron chi connectivity index (χ3n) is 11.1. The Balaban J connectivity index is 0.000000140. The molecule has 7 heteroatoms. The highest BCUT2D eigenvalue weighted by Gasteiger charge is 2.19. The molecule has 2 heterocycles. The molecule has 0 saturated carbocycles. The molecule has 1 aliphatic heterocycles. The molecule has 11 aromatic rings. The molecule has 0 fully saturated rings. The van der Waals surface area contributed by atoms with Crippen molar-refractivity contribution in [2.24, 2.45) is 4.99 Å². The molecule has 1 N–H and O–H groups in total. The summed E-state index contributed by atoms with van der Waals surface area (Å²) in [7, 11) is 0.